The molecule has 10 aromatic rings. The summed E-state index contributed by atoms with van der Waals surface area (Å²) in [6.45, 7) is 0. The number of hydrogen-bond acceptors (Lipinski definition) is 3. The maximum absolute atomic E-state index is 4.71. The standard InChI is InChI=1S/C47H28N4/c1-3-10-30(11-4-1)41-35-14-7-8-15-36(35)42(31-12-5-2-6-13-31)45-38-23-22-33(34-16-9-17-37(43(34)38)44(41)45)29-18-20-32(21-19-29)51-40-24-25-48-28-39(40)46-47(51)50-27-26-49-46/h1-28H. The van der Waals surface area contributed by atoms with Crippen LogP contribution in [0.15, 0.2) is 170 Å². The van der Waals surface area contributed by atoms with Crippen LogP contribution in [0.5, 0.6) is 0 Å². The highest BCUT2D eigenvalue weighted by Crippen LogP contribution is 2.58. The second-order valence-electron chi connectivity index (χ2n) is 13.2. The van der Waals surface area contributed by atoms with Crippen molar-refractivity contribution < 1.29 is 0 Å². The lowest BCUT2D eigenvalue weighted by molar-refractivity contribution is 1.12. The molecule has 0 atom stereocenters. The summed E-state index contributed by atoms with van der Waals surface area (Å²) < 4.78 is 2.17. The van der Waals surface area contributed by atoms with Gasteiger partial charge in [0.1, 0.15) is 5.52 Å². The Bertz CT molecular complexity index is 2850. The van der Waals surface area contributed by atoms with Gasteiger partial charge >= 0.3 is 0 Å². The van der Waals surface area contributed by atoms with Crippen molar-refractivity contribution >= 4 is 43.6 Å². The smallest absolute Gasteiger partial charge is 0.164 e. The summed E-state index contributed by atoms with van der Waals surface area (Å²) in [7, 11) is 0. The molecule has 0 radical (unpaired) electrons. The van der Waals surface area contributed by atoms with Gasteiger partial charge in [0.15, 0.2) is 5.65 Å². The lowest BCUT2D eigenvalue weighted by atomic mass is 9.82. The van der Waals surface area contributed by atoms with Gasteiger partial charge in [-0.3, -0.25) is 14.5 Å². The molecule has 0 amide bonds. The number of hydrogen-bond donors (Lipinski definition) is 0. The highest BCUT2D eigenvalue weighted by atomic mass is 15.1. The van der Waals surface area contributed by atoms with Crippen LogP contribution < -0.4 is 0 Å². The summed E-state index contributed by atoms with van der Waals surface area (Å²) in [5.74, 6) is 0. The van der Waals surface area contributed by atoms with E-state index in [1.807, 2.05) is 18.5 Å². The molecule has 0 saturated carbocycles. The first-order valence-corrected chi connectivity index (χ1v) is 17.3. The third-order valence-electron chi connectivity index (χ3n) is 10.5. The summed E-state index contributed by atoms with van der Waals surface area (Å²) in [6.07, 6.45) is 7.19. The molecule has 0 fully saturated rings. The van der Waals surface area contributed by atoms with Gasteiger partial charge in [0, 0.05) is 35.9 Å². The highest BCUT2D eigenvalue weighted by molar-refractivity contribution is 6.28. The molecule has 4 nitrogen and oxygen atoms in total. The summed E-state index contributed by atoms with van der Waals surface area (Å²) in [5.41, 5.74) is 16.4. The number of benzene rings is 7. The minimum atomic E-state index is 0.826. The van der Waals surface area contributed by atoms with Crippen molar-refractivity contribution in [1.82, 2.24) is 19.5 Å². The molecule has 0 saturated heterocycles. The summed E-state index contributed by atoms with van der Waals surface area (Å²) >= 11 is 0. The van der Waals surface area contributed by atoms with Crippen LogP contribution in [0.4, 0.5) is 0 Å². The molecule has 11 rings (SSSR count). The molecule has 0 aliphatic heterocycles. The van der Waals surface area contributed by atoms with Crippen LogP contribution in [0.25, 0.3) is 105 Å². The van der Waals surface area contributed by atoms with Crippen molar-refractivity contribution in [2.45, 2.75) is 0 Å². The van der Waals surface area contributed by atoms with E-state index in [1.165, 1.54) is 77.2 Å². The minimum absolute atomic E-state index is 0.826. The molecular formula is C47H28N4. The van der Waals surface area contributed by atoms with Crippen molar-refractivity contribution in [2.24, 2.45) is 0 Å². The molecule has 0 spiro atoms. The lowest BCUT2D eigenvalue weighted by Gasteiger charge is -2.20. The number of aromatic nitrogens is 4. The average molecular weight is 649 g/mol. The maximum atomic E-state index is 4.71. The monoisotopic (exact) mass is 648 g/mol. The molecule has 1 aliphatic carbocycles. The number of fused-ring (bicyclic) bond motifs is 7. The predicted octanol–water partition coefficient (Wildman–Crippen LogP) is 11.9. The second-order valence-corrected chi connectivity index (χ2v) is 13.2. The van der Waals surface area contributed by atoms with Crippen LogP contribution in [-0.4, -0.2) is 19.5 Å². The zero-order chi connectivity index (χ0) is 33.5. The van der Waals surface area contributed by atoms with Gasteiger partial charge in [0.05, 0.1) is 5.52 Å². The van der Waals surface area contributed by atoms with Crippen LogP contribution in [-0.2, 0) is 0 Å². The first kappa shape index (κ1) is 28.0. The van der Waals surface area contributed by atoms with Gasteiger partial charge in [-0.05, 0) is 95.4 Å². The van der Waals surface area contributed by atoms with Gasteiger partial charge in [-0.1, -0.05) is 127 Å². The highest BCUT2D eigenvalue weighted by Gasteiger charge is 2.31. The van der Waals surface area contributed by atoms with E-state index < -0.39 is 0 Å². The van der Waals surface area contributed by atoms with Gasteiger partial charge in [0.25, 0.3) is 0 Å². The van der Waals surface area contributed by atoms with Crippen LogP contribution in [0, 0.1) is 0 Å². The van der Waals surface area contributed by atoms with E-state index in [4.69, 9.17) is 4.98 Å². The molecule has 0 N–H and O–H groups in total. The van der Waals surface area contributed by atoms with E-state index in [-0.39, 0.29) is 0 Å². The topological polar surface area (TPSA) is 43.6 Å². The Kier molecular flexibility index (Phi) is 5.92. The van der Waals surface area contributed by atoms with E-state index in [2.05, 4.69) is 154 Å². The molecule has 0 unspecified atom stereocenters. The van der Waals surface area contributed by atoms with Crippen LogP contribution in [0.3, 0.4) is 0 Å². The Labute approximate surface area is 294 Å². The van der Waals surface area contributed by atoms with Gasteiger partial charge < -0.3 is 0 Å². The summed E-state index contributed by atoms with van der Waals surface area (Å²) in [4.78, 5) is 13.7. The van der Waals surface area contributed by atoms with Gasteiger partial charge in [-0.25, -0.2) is 4.98 Å². The molecular weight excluding hydrogens is 621 g/mol. The van der Waals surface area contributed by atoms with E-state index in [0.29, 0.717) is 0 Å². The molecule has 236 valence electrons. The molecule has 3 aromatic heterocycles. The number of rotatable bonds is 4. The molecule has 0 bridgehead atoms. The Morgan fingerprint density at radius 2 is 1.00 bits per heavy atom. The van der Waals surface area contributed by atoms with Crippen molar-refractivity contribution in [3.05, 3.63) is 170 Å². The summed E-state index contributed by atoms with van der Waals surface area (Å²) in [5, 5.41) is 6.10. The quantitative estimate of drug-likeness (QED) is 0.191. The lowest BCUT2D eigenvalue weighted by Crippen LogP contribution is -1.95. The molecule has 7 aromatic carbocycles. The predicted molar refractivity (Wildman–Crippen MR) is 210 cm³/mol. The first-order chi connectivity index (χ1) is 25.3. The fourth-order valence-corrected chi connectivity index (χ4v) is 8.48. The van der Waals surface area contributed by atoms with E-state index >= 15 is 0 Å². The van der Waals surface area contributed by atoms with Crippen molar-refractivity contribution in [3.63, 3.8) is 0 Å². The zero-order valence-corrected chi connectivity index (χ0v) is 27.5. The fraction of sp³-hybridized carbons (Fsp3) is 0. The third-order valence-corrected chi connectivity index (χ3v) is 10.5. The van der Waals surface area contributed by atoms with Gasteiger partial charge in [0.2, 0.25) is 0 Å². The SMILES string of the molecule is c1ccc(-c2c3c(c(-c4ccccc4)c4ccccc24)-c2ccc(-c4ccc(-n5c6ccncc6c6nccnc65)cc4)c4cccc-3c24)cc1. The number of nitrogens with zero attached hydrogens (tertiary/aromatic N) is 4. The van der Waals surface area contributed by atoms with Crippen molar-refractivity contribution in [1.29, 1.82) is 0 Å². The molecule has 3 heterocycles. The minimum Gasteiger partial charge on any atom is -0.292 e. The van der Waals surface area contributed by atoms with Gasteiger partial charge in [-0.2, -0.15) is 0 Å². The summed E-state index contributed by atoms with van der Waals surface area (Å²) in [6, 6.07) is 53.1. The Morgan fingerprint density at radius 3 is 1.71 bits per heavy atom. The largest absolute Gasteiger partial charge is 0.292 e. The van der Waals surface area contributed by atoms with E-state index in [9.17, 15) is 0 Å². The average Bonchev–Trinajstić information content (AvgIpc) is 3.72. The molecule has 1 aliphatic rings. The Hall–Kier alpha value is -6.91. The van der Waals surface area contributed by atoms with Crippen LogP contribution >= 0.6 is 0 Å². The maximum Gasteiger partial charge on any atom is 0.164 e. The van der Waals surface area contributed by atoms with Crippen molar-refractivity contribution in [3.8, 4) is 61.3 Å². The Balaban J connectivity index is 1.15. The van der Waals surface area contributed by atoms with E-state index in [1.54, 1.807) is 12.4 Å². The molecule has 4 heteroatoms. The van der Waals surface area contributed by atoms with E-state index in [0.717, 1.165) is 27.8 Å². The Morgan fingerprint density at radius 1 is 0.392 bits per heavy atom. The van der Waals surface area contributed by atoms with Crippen LogP contribution in [0.2, 0.25) is 0 Å². The van der Waals surface area contributed by atoms with Crippen molar-refractivity contribution in [2.75, 3.05) is 0 Å². The third kappa shape index (κ3) is 3.99. The van der Waals surface area contributed by atoms with Gasteiger partial charge in [-0.15, -0.1) is 0 Å². The van der Waals surface area contributed by atoms with Crippen LogP contribution in [0.1, 0.15) is 0 Å². The first-order valence-electron chi connectivity index (χ1n) is 17.3. The number of pyridine rings is 1. The zero-order valence-electron chi connectivity index (χ0n) is 27.5. The molecule has 51 heavy (non-hydrogen) atoms. The normalized spacial score (nSPS) is 11.9. The second kappa shape index (κ2) is 10.8. The fourth-order valence-electron chi connectivity index (χ4n) is 8.48.